The zero-order valence-corrected chi connectivity index (χ0v) is 9.13. The maximum Gasteiger partial charge on any atom is 0.354 e. The summed E-state index contributed by atoms with van der Waals surface area (Å²) in [5.74, 6) is -0.989. The quantitative estimate of drug-likeness (QED) is 0.746. The van der Waals surface area contributed by atoms with Crippen LogP contribution in [0.15, 0.2) is 0 Å². The molecule has 0 saturated carbocycles. The van der Waals surface area contributed by atoms with E-state index in [4.69, 9.17) is 0 Å². The number of H-pyrrole nitrogens is 1. The molecule has 1 N–H and O–H groups in total. The molecule has 1 rings (SSSR count). The first-order valence-corrected chi connectivity index (χ1v) is 4.38. The number of hydrogen-bond donors (Lipinski definition) is 1. The van der Waals surface area contributed by atoms with Crippen molar-refractivity contribution in [3.05, 3.63) is 22.5 Å². The summed E-state index contributed by atoms with van der Waals surface area (Å²) in [5, 5.41) is 0. The van der Waals surface area contributed by atoms with Crippen molar-refractivity contribution < 1.29 is 19.1 Å². The average molecular weight is 211 g/mol. The smallest absolute Gasteiger partial charge is 0.354 e. The summed E-state index contributed by atoms with van der Waals surface area (Å²) in [6.07, 6.45) is 0. The fourth-order valence-corrected chi connectivity index (χ4v) is 1.30. The van der Waals surface area contributed by atoms with Crippen molar-refractivity contribution in [3.63, 3.8) is 0 Å². The largest absolute Gasteiger partial charge is 0.464 e. The number of nitrogens with one attached hydrogen (secondary N) is 1. The average Bonchev–Trinajstić information content (AvgIpc) is 2.54. The van der Waals surface area contributed by atoms with Crippen molar-refractivity contribution in [2.24, 2.45) is 0 Å². The van der Waals surface area contributed by atoms with Crippen LogP contribution in [-0.4, -0.2) is 31.1 Å². The molecular weight excluding hydrogens is 198 g/mol. The van der Waals surface area contributed by atoms with Crippen LogP contribution in [0, 0.1) is 13.8 Å². The minimum absolute atomic E-state index is 0.287. The van der Waals surface area contributed by atoms with Crippen molar-refractivity contribution in [2.75, 3.05) is 14.2 Å². The summed E-state index contributed by atoms with van der Waals surface area (Å²) in [7, 11) is 2.57. The highest BCUT2D eigenvalue weighted by atomic mass is 16.5. The van der Waals surface area contributed by atoms with Gasteiger partial charge in [0.15, 0.2) is 0 Å². The molecule has 1 aromatic heterocycles. The van der Waals surface area contributed by atoms with Crippen molar-refractivity contribution >= 4 is 11.9 Å². The number of esters is 2. The highest BCUT2D eigenvalue weighted by Crippen LogP contribution is 2.18. The number of methoxy groups -OCH3 is 2. The van der Waals surface area contributed by atoms with Gasteiger partial charge < -0.3 is 14.5 Å². The van der Waals surface area contributed by atoms with Gasteiger partial charge in [0.1, 0.15) is 11.4 Å². The molecule has 0 atom stereocenters. The Kier molecular flexibility index (Phi) is 3.14. The van der Waals surface area contributed by atoms with Crippen LogP contribution in [0.4, 0.5) is 0 Å². The molecule has 0 radical (unpaired) electrons. The topological polar surface area (TPSA) is 68.4 Å². The summed E-state index contributed by atoms with van der Waals surface area (Å²) in [6.45, 7) is 3.48. The molecule has 15 heavy (non-hydrogen) atoms. The van der Waals surface area contributed by atoms with Crippen LogP contribution in [0.2, 0.25) is 0 Å². The van der Waals surface area contributed by atoms with Gasteiger partial charge in [-0.2, -0.15) is 0 Å². The van der Waals surface area contributed by atoms with Crippen LogP contribution in [0.3, 0.4) is 0 Å². The summed E-state index contributed by atoms with van der Waals surface area (Å²) < 4.78 is 9.15. The molecule has 5 heteroatoms. The van der Waals surface area contributed by atoms with Crippen LogP contribution in [0.25, 0.3) is 0 Å². The second-order valence-corrected chi connectivity index (χ2v) is 3.11. The molecule has 0 aliphatic carbocycles. The van der Waals surface area contributed by atoms with Gasteiger partial charge in [-0.05, 0) is 25.0 Å². The van der Waals surface area contributed by atoms with Crippen LogP contribution < -0.4 is 0 Å². The Labute approximate surface area is 87.4 Å². The monoisotopic (exact) mass is 211 g/mol. The first-order valence-electron chi connectivity index (χ1n) is 4.38. The van der Waals surface area contributed by atoms with Gasteiger partial charge in [-0.15, -0.1) is 0 Å². The molecule has 0 saturated heterocycles. The van der Waals surface area contributed by atoms with E-state index in [0.717, 1.165) is 0 Å². The van der Waals surface area contributed by atoms with E-state index in [1.54, 1.807) is 13.8 Å². The van der Waals surface area contributed by atoms with Crippen LogP contribution in [0.5, 0.6) is 0 Å². The molecule has 0 fully saturated rings. The van der Waals surface area contributed by atoms with Gasteiger partial charge in [0.25, 0.3) is 0 Å². The first-order chi connectivity index (χ1) is 7.02. The first kappa shape index (κ1) is 11.3. The van der Waals surface area contributed by atoms with Gasteiger partial charge in [0.05, 0.1) is 14.2 Å². The minimum Gasteiger partial charge on any atom is -0.464 e. The third-order valence-electron chi connectivity index (χ3n) is 2.34. The summed E-state index contributed by atoms with van der Waals surface area (Å²) in [6, 6.07) is 0. The van der Waals surface area contributed by atoms with Gasteiger partial charge >= 0.3 is 11.9 Å². The third kappa shape index (κ3) is 1.86. The number of hydrogen-bond acceptors (Lipinski definition) is 4. The van der Waals surface area contributed by atoms with Crippen LogP contribution in [0.1, 0.15) is 32.1 Å². The van der Waals surface area contributed by atoms with Crippen molar-refractivity contribution in [3.8, 4) is 0 Å². The second-order valence-electron chi connectivity index (χ2n) is 3.11. The molecular formula is C10H13NO4. The SMILES string of the molecule is COC(=O)c1[nH]c(C(=O)OC)c(C)c1C. The highest BCUT2D eigenvalue weighted by molar-refractivity contribution is 5.95. The predicted molar refractivity (Wildman–Crippen MR) is 52.9 cm³/mol. The highest BCUT2D eigenvalue weighted by Gasteiger charge is 2.21. The molecule has 0 spiro atoms. The summed E-state index contributed by atoms with van der Waals surface area (Å²) >= 11 is 0. The van der Waals surface area contributed by atoms with E-state index < -0.39 is 11.9 Å². The van der Waals surface area contributed by atoms with Crippen molar-refractivity contribution in [1.82, 2.24) is 4.98 Å². The maximum atomic E-state index is 11.3. The molecule has 0 bridgehead atoms. The number of aromatic nitrogens is 1. The fourth-order valence-electron chi connectivity index (χ4n) is 1.30. The normalized spacial score (nSPS) is 9.87. The molecule has 0 aliphatic heterocycles. The van der Waals surface area contributed by atoms with Crippen molar-refractivity contribution in [1.29, 1.82) is 0 Å². The van der Waals surface area contributed by atoms with Gasteiger partial charge in [-0.25, -0.2) is 9.59 Å². The van der Waals surface area contributed by atoms with E-state index in [9.17, 15) is 9.59 Å². The van der Waals surface area contributed by atoms with Gasteiger partial charge in [0, 0.05) is 0 Å². The summed E-state index contributed by atoms with van der Waals surface area (Å²) in [4.78, 5) is 25.3. The fraction of sp³-hybridized carbons (Fsp3) is 0.400. The number of carbonyl (C=O) groups excluding carboxylic acids is 2. The van der Waals surface area contributed by atoms with E-state index in [1.165, 1.54) is 14.2 Å². The molecule has 5 nitrogen and oxygen atoms in total. The number of aromatic amines is 1. The number of carbonyl (C=O) groups is 2. The van der Waals surface area contributed by atoms with Crippen LogP contribution >= 0.6 is 0 Å². The molecule has 1 aromatic rings. The Morgan fingerprint density at radius 1 is 0.933 bits per heavy atom. The lowest BCUT2D eigenvalue weighted by Gasteiger charge is -1.96. The zero-order chi connectivity index (χ0) is 11.6. The van der Waals surface area contributed by atoms with E-state index in [2.05, 4.69) is 14.5 Å². The Balaban J connectivity index is 3.24. The Morgan fingerprint density at radius 2 is 1.27 bits per heavy atom. The van der Waals surface area contributed by atoms with Gasteiger partial charge in [-0.3, -0.25) is 0 Å². The van der Waals surface area contributed by atoms with E-state index in [-0.39, 0.29) is 11.4 Å². The van der Waals surface area contributed by atoms with Gasteiger partial charge in [-0.1, -0.05) is 0 Å². The standard InChI is InChI=1S/C10H13NO4/c1-5-6(2)8(10(13)15-4)11-7(5)9(12)14-3/h11H,1-4H3. The summed E-state index contributed by atoms with van der Waals surface area (Å²) in [5.41, 5.74) is 1.97. The Hall–Kier alpha value is -1.78. The minimum atomic E-state index is -0.495. The Morgan fingerprint density at radius 3 is 1.53 bits per heavy atom. The van der Waals surface area contributed by atoms with E-state index in [0.29, 0.717) is 11.1 Å². The predicted octanol–water partition coefficient (Wildman–Crippen LogP) is 1.20. The van der Waals surface area contributed by atoms with Gasteiger partial charge in [0.2, 0.25) is 0 Å². The van der Waals surface area contributed by atoms with Crippen LogP contribution in [-0.2, 0) is 9.47 Å². The number of ether oxygens (including phenoxy) is 2. The lowest BCUT2D eigenvalue weighted by Crippen LogP contribution is -2.06. The zero-order valence-electron chi connectivity index (χ0n) is 9.13. The molecule has 0 unspecified atom stereocenters. The lowest BCUT2D eigenvalue weighted by molar-refractivity contribution is 0.0590. The van der Waals surface area contributed by atoms with Crippen molar-refractivity contribution in [2.45, 2.75) is 13.8 Å². The molecule has 82 valence electrons. The van der Waals surface area contributed by atoms with E-state index >= 15 is 0 Å². The second kappa shape index (κ2) is 4.16. The molecule has 0 aromatic carbocycles. The number of rotatable bonds is 2. The van der Waals surface area contributed by atoms with E-state index in [1.807, 2.05) is 0 Å². The lowest BCUT2D eigenvalue weighted by atomic mass is 10.1. The maximum absolute atomic E-state index is 11.3. The molecule has 0 amide bonds. The Bertz CT molecular complexity index is 369. The molecule has 0 aliphatic rings. The third-order valence-corrected chi connectivity index (χ3v) is 2.34. The molecule has 1 heterocycles.